The van der Waals surface area contributed by atoms with E-state index >= 15 is 0 Å². The molecule has 1 amide bonds. The predicted octanol–water partition coefficient (Wildman–Crippen LogP) is 3.16. The Hall–Kier alpha value is -2.15. The van der Waals surface area contributed by atoms with Crippen molar-refractivity contribution in [1.82, 2.24) is 19.6 Å². The summed E-state index contributed by atoms with van der Waals surface area (Å²) in [7, 11) is 0. The van der Waals surface area contributed by atoms with Gasteiger partial charge in [0.05, 0.1) is 18.8 Å². The van der Waals surface area contributed by atoms with Gasteiger partial charge in [-0.05, 0) is 32.8 Å². The van der Waals surface area contributed by atoms with Gasteiger partial charge in [0.25, 0.3) is 5.91 Å². The van der Waals surface area contributed by atoms with Crippen LogP contribution >= 0.6 is 0 Å². The normalized spacial score (nSPS) is 20.8. The number of aromatic nitrogens is 3. The van der Waals surface area contributed by atoms with Gasteiger partial charge in [0, 0.05) is 29.9 Å². The molecule has 7 nitrogen and oxygen atoms in total. The third-order valence-corrected chi connectivity index (χ3v) is 5.27. The van der Waals surface area contributed by atoms with Crippen molar-refractivity contribution >= 4 is 5.91 Å². The maximum absolute atomic E-state index is 13.3. The SMILES string of the molecule is Cc1cc(C(=O)N2CCOCC2c2noc(C(C)C)n2)c(C)n1C1CC1. The zero-order valence-electron chi connectivity index (χ0n) is 15.9. The van der Waals surface area contributed by atoms with E-state index in [1.165, 1.54) is 12.8 Å². The second kappa shape index (κ2) is 6.54. The molecule has 1 aliphatic carbocycles. The maximum Gasteiger partial charge on any atom is 0.256 e. The molecule has 1 saturated carbocycles. The Bertz CT molecular complexity index is 819. The van der Waals surface area contributed by atoms with E-state index in [4.69, 9.17) is 9.26 Å². The topological polar surface area (TPSA) is 73.4 Å². The highest BCUT2D eigenvalue weighted by Crippen LogP contribution is 2.39. The second-order valence-electron chi connectivity index (χ2n) is 7.62. The summed E-state index contributed by atoms with van der Waals surface area (Å²) in [5.41, 5.74) is 2.98. The summed E-state index contributed by atoms with van der Waals surface area (Å²) in [6, 6.07) is 2.26. The molecule has 4 rings (SSSR count). The molecule has 7 heteroatoms. The van der Waals surface area contributed by atoms with E-state index in [1.54, 1.807) is 0 Å². The molecule has 1 saturated heterocycles. The fourth-order valence-electron chi connectivity index (χ4n) is 3.72. The summed E-state index contributed by atoms with van der Waals surface area (Å²) in [4.78, 5) is 19.6. The molecule has 0 aromatic carbocycles. The van der Waals surface area contributed by atoms with Crippen molar-refractivity contribution in [3.05, 3.63) is 34.7 Å². The van der Waals surface area contributed by atoms with Crippen LogP contribution in [-0.2, 0) is 4.74 Å². The number of ether oxygens (including phenoxy) is 1. The van der Waals surface area contributed by atoms with Crippen LogP contribution in [0.5, 0.6) is 0 Å². The predicted molar refractivity (Wildman–Crippen MR) is 95.2 cm³/mol. The number of nitrogens with zero attached hydrogens (tertiary/aromatic N) is 4. The van der Waals surface area contributed by atoms with Crippen molar-refractivity contribution in [2.75, 3.05) is 19.8 Å². The molecule has 2 aromatic rings. The molecule has 2 aromatic heterocycles. The average molecular weight is 358 g/mol. The summed E-state index contributed by atoms with van der Waals surface area (Å²) < 4.78 is 13.2. The standard InChI is InChI=1S/C19H26N4O3/c1-11(2)18-20-17(21-26-18)16-10-25-8-7-22(16)19(24)15-9-12(3)23(13(15)4)14-5-6-14/h9,11,14,16H,5-8,10H2,1-4H3. The van der Waals surface area contributed by atoms with Crippen molar-refractivity contribution in [2.45, 2.75) is 58.5 Å². The molecule has 1 atom stereocenters. The third-order valence-electron chi connectivity index (χ3n) is 5.27. The fourth-order valence-corrected chi connectivity index (χ4v) is 3.72. The first-order valence-corrected chi connectivity index (χ1v) is 9.38. The van der Waals surface area contributed by atoms with Crippen LogP contribution in [0.3, 0.4) is 0 Å². The van der Waals surface area contributed by atoms with Gasteiger partial charge in [-0.2, -0.15) is 4.98 Å². The Kier molecular flexibility index (Phi) is 4.34. The average Bonchev–Trinajstić information content (AvgIpc) is 3.23. The quantitative estimate of drug-likeness (QED) is 0.839. The van der Waals surface area contributed by atoms with E-state index in [0.29, 0.717) is 37.5 Å². The number of morpholine rings is 1. The van der Waals surface area contributed by atoms with E-state index in [9.17, 15) is 4.79 Å². The van der Waals surface area contributed by atoms with Crippen molar-refractivity contribution < 1.29 is 14.1 Å². The Morgan fingerprint density at radius 1 is 1.31 bits per heavy atom. The van der Waals surface area contributed by atoms with Crippen LogP contribution < -0.4 is 0 Å². The summed E-state index contributed by atoms with van der Waals surface area (Å²) in [5, 5.41) is 4.11. The van der Waals surface area contributed by atoms with E-state index in [0.717, 1.165) is 17.0 Å². The van der Waals surface area contributed by atoms with Crippen molar-refractivity contribution in [1.29, 1.82) is 0 Å². The van der Waals surface area contributed by atoms with Gasteiger partial charge in [-0.1, -0.05) is 19.0 Å². The van der Waals surface area contributed by atoms with Gasteiger partial charge in [0.1, 0.15) is 6.04 Å². The largest absolute Gasteiger partial charge is 0.377 e. The van der Waals surface area contributed by atoms with Gasteiger partial charge in [-0.3, -0.25) is 4.79 Å². The molecular weight excluding hydrogens is 332 g/mol. The Morgan fingerprint density at radius 2 is 2.08 bits per heavy atom. The first-order chi connectivity index (χ1) is 12.5. The van der Waals surface area contributed by atoms with Crippen LogP contribution in [0.25, 0.3) is 0 Å². The summed E-state index contributed by atoms with van der Waals surface area (Å²) in [6.07, 6.45) is 2.40. The zero-order valence-corrected chi connectivity index (χ0v) is 15.9. The Labute approximate surface area is 153 Å². The lowest BCUT2D eigenvalue weighted by Gasteiger charge is -2.33. The van der Waals surface area contributed by atoms with Gasteiger partial charge in [-0.25, -0.2) is 0 Å². The molecule has 2 fully saturated rings. The van der Waals surface area contributed by atoms with Gasteiger partial charge < -0.3 is 18.7 Å². The van der Waals surface area contributed by atoms with Crippen LogP contribution in [-0.4, -0.2) is 45.3 Å². The van der Waals surface area contributed by atoms with Crippen molar-refractivity contribution in [2.24, 2.45) is 0 Å². The number of hydrogen-bond acceptors (Lipinski definition) is 5. The van der Waals surface area contributed by atoms with Crippen LogP contribution in [0.4, 0.5) is 0 Å². The molecule has 0 bridgehead atoms. The fraction of sp³-hybridized carbons (Fsp3) is 0.632. The highest BCUT2D eigenvalue weighted by atomic mass is 16.5. The lowest BCUT2D eigenvalue weighted by atomic mass is 10.1. The van der Waals surface area contributed by atoms with Crippen LogP contribution in [0.15, 0.2) is 10.6 Å². The van der Waals surface area contributed by atoms with Crippen LogP contribution in [0.2, 0.25) is 0 Å². The lowest BCUT2D eigenvalue weighted by molar-refractivity contribution is -0.00581. The summed E-state index contributed by atoms with van der Waals surface area (Å²) >= 11 is 0. The van der Waals surface area contributed by atoms with E-state index in [-0.39, 0.29) is 17.9 Å². The molecular formula is C19H26N4O3. The monoisotopic (exact) mass is 358 g/mol. The molecule has 26 heavy (non-hydrogen) atoms. The number of carbonyl (C=O) groups excluding carboxylic acids is 1. The van der Waals surface area contributed by atoms with Gasteiger partial charge >= 0.3 is 0 Å². The van der Waals surface area contributed by atoms with Crippen molar-refractivity contribution in [3.63, 3.8) is 0 Å². The van der Waals surface area contributed by atoms with E-state index < -0.39 is 0 Å². The minimum Gasteiger partial charge on any atom is -0.377 e. The minimum absolute atomic E-state index is 0.0224. The van der Waals surface area contributed by atoms with Crippen molar-refractivity contribution in [3.8, 4) is 0 Å². The van der Waals surface area contributed by atoms with Gasteiger partial charge in [-0.15, -0.1) is 0 Å². The zero-order chi connectivity index (χ0) is 18.4. The number of hydrogen-bond donors (Lipinski definition) is 0. The number of amides is 1. The number of rotatable bonds is 4. The first-order valence-electron chi connectivity index (χ1n) is 9.38. The number of aryl methyl sites for hydroxylation is 1. The number of carbonyl (C=O) groups is 1. The second-order valence-corrected chi connectivity index (χ2v) is 7.62. The Balaban J connectivity index is 1.63. The molecule has 0 spiro atoms. The summed E-state index contributed by atoms with van der Waals surface area (Å²) in [6.45, 7) is 9.58. The summed E-state index contributed by atoms with van der Waals surface area (Å²) in [5.74, 6) is 1.29. The molecule has 140 valence electrons. The molecule has 3 heterocycles. The molecule has 1 unspecified atom stereocenters. The Morgan fingerprint density at radius 3 is 2.73 bits per heavy atom. The smallest absolute Gasteiger partial charge is 0.256 e. The maximum atomic E-state index is 13.3. The van der Waals surface area contributed by atoms with E-state index in [2.05, 4.69) is 21.6 Å². The van der Waals surface area contributed by atoms with Crippen LogP contribution in [0, 0.1) is 13.8 Å². The van der Waals surface area contributed by atoms with E-state index in [1.807, 2.05) is 31.7 Å². The molecule has 1 aliphatic heterocycles. The molecule has 0 radical (unpaired) electrons. The first kappa shape index (κ1) is 17.3. The lowest BCUT2D eigenvalue weighted by Crippen LogP contribution is -2.44. The minimum atomic E-state index is -0.309. The molecule has 2 aliphatic rings. The highest BCUT2D eigenvalue weighted by Gasteiger charge is 2.35. The van der Waals surface area contributed by atoms with Gasteiger partial charge in [0.15, 0.2) is 5.82 Å². The van der Waals surface area contributed by atoms with Crippen LogP contribution in [0.1, 0.15) is 78.2 Å². The van der Waals surface area contributed by atoms with Gasteiger partial charge in [0.2, 0.25) is 5.89 Å². The molecule has 0 N–H and O–H groups in total. The highest BCUT2D eigenvalue weighted by molar-refractivity contribution is 5.96. The third kappa shape index (κ3) is 2.94.